The Balaban J connectivity index is 2.71. The Hall–Kier alpha value is -1.55. The minimum atomic E-state index is -0.580. The number of benzene rings is 1. The second-order valence-electron chi connectivity index (χ2n) is 7.07. The van der Waals surface area contributed by atoms with Gasteiger partial charge < -0.3 is 14.6 Å². The van der Waals surface area contributed by atoms with Gasteiger partial charge in [-0.25, -0.2) is 4.79 Å². The molecule has 1 unspecified atom stereocenters. The largest absolute Gasteiger partial charge is 0.497 e. The van der Waals surface area contributed by atoms with Crippen LogP contribution in [0.3, 0.4) is 0 Å². The zero-order valence-corrected chi connectivity index (χ0v) is 13.8. The van der Waals surface area contributed by atoms with Gasteiger partial charge >= 0.3 is 5.97 Å². The van der Waals surface area contributed by atoms with Crippen molar-refractivity contribution in [3.63, 3.8) is 0 Å². The minimum absolute atomic E-state index is 0.154. The molecule has 4 heteroatoms. The lowest BCUT2D eigenvalue weighted by Gasteiger charge is -2.38. The van der Waals surface area contributed by atoms with Crippen LogP contribution < -0.4 is 4.74 Å². The zero-order chi connectivity index (χ0) is 16.3. The average Bonchev–Trinajstić information content (AvgIpc) is 2.43. The lowest BCUT2D eigenvalue weighted by atomic mass is 9.73. The quantitative estimate of drug-likeness (QED) is 0.847. The van der Waals surface area contributed by atoms with E-state index in [0.29, 0.717) is 11.3 Å². The van der Waals surface area contributed by atoms with E-state index in [-0.39, 0.29) is 12.0 Å². The van der Waals surface area contributed by atoms with Crippen LogP contribution in [0.4, 0.5) is 0 Å². The summed E-state index contributed by atoms with van der Waals surface area (Å²) in [5.41, 5.74) is -0.353. The van der Waals surface area contributed by atoms with Gasteiger partial charge in [-0.3, -0.25) is 0 Å². The molecule has 0 heterocycles. The summed E-state index contributed by atoms with van der Waals surface area (Å²) in [5, 5.41) is 10.4. The summed E-state index contributed by atoms with van der Waals surface area (Å²) in [6.07, 6.45) is -0.580. The molecule has 0 saturated heterocycles. The number of hydrogen-bond acceptors (Lipinski definition) is 4. The molecule has 1 aromatic rings. The average molecular weight is 294 g/mol. The van der Waals surface area contributed by atoms with Crippen molar-refractivity contribution in [1.29, 1.82) is 0 Å². The first-order chi connectivity index (χ1) is 9.58. The monoisotopic (exact) mass is 294 g/mol. The Bertz CT molecular complexity index is 486. The van der Waals surface area contributed by atoms with Crippen LogP contribution in [0, 0.1) is 10.8 Å². The fourth-order valence-corrected chi connectivity index (χ4v) is 2.34. The van der Waals surface area contributed by atoms with E-state index in [9.17, 15) is 9.90 Å². The highest BCUT2D eigenvalue weighted by Gasteiger charge is 2.37. The first-order valence-corrected chi connectivity index (χ1v) is 7.07. The summed E-state index contributed by atoms with van der Waals surface area (Å²) in [7, 11) is 1.55. The number of hydrogen-bond donors (Lipinski definition) is 1. The molecule has 0 aliphatic carbocycles. The molecule has 1 rings (SSSR count). The van der Waals surface area contributed by atoms with Gasteiger partial charge in [-0.2, -0.15) is 0 Å². The van der Waals surface area contributed by atoms with Gasteiger partial charge in [0.15, 0.2) is 0 Å². The summed E-state index contributed by atoms with van der Waals surface area (Å²) in [6, 6.07) is 6.82. The van der Waals surface area contributed by atoms with E-state index < -0.39 is 17.5 Å². The van der Waals surface area contributed by atoms with Crippen molar-refractivity contribution in [1.82, 2.24) is 0 Å². The summed E-state index contributed by atoms with van der Waals surface area (Å²) in [6.45, 7) is 9.82. The summed E-state index contributed by atoms with van der Waals surface area (Å²) in [5.74, 6) is 0.196. The van der Waals surface area contributed by atoms with Crippen molar-refractivity contribution >= 4 is 5.97 Å². The molecule has 0 spiro atoms. The Labute approximate surface area is 127 Å². The highest BCUT2D eigenvalue weighted by Crippen LogP contribution is 2.34. The van der Waals surface area contributed by atoms with Crippen LogP contribution in [-0.4, -0.2) is 30.9 Å². The number of carbonyl (C=O) groups is 1. The van der Waals surface area contributed by atoms with Gasteiger partial charge in [0.05, 0.1) is 25.4 Å². The van der Waals surface area contributed by atoms with Gasteiger partial charge in [-0.1, -0.05) is 40.7 Å². The molecule has 0 saturated carbocycles. The van der Waals surface area contributed by atoms with E-state index in [1.54, 1.807) is 31.4 Å². The predicted molar refractivity (Wildman–Crippen MR) is 82.5 cm³/mol. The molecule has 1 aromatic carbocycles. The van der Waals surface area contributed by atoms with Gasteiger partial charge in [-0.15, -0.1) is 0 Å². The normalized spacial score (nSPS) is 13.7. The molecule has 0 aliphatic rings. The Kier molecular flexibility index (Phi) is 5.40. The second-order valence-corrected chi connectivity index (χ2v) is 7.07. The second kappa shape index (κ2) is 6.48. The zero-order valence-electron chi connectivity index (χ0n) is 13.8. The van der Waals surface area contributed by atoms with Crippen molar-refractivity contribution < 1.29 is 19.4 Å². The third-order valence-electron chi connectivity index (χ3n) is 3.44. The smallest absolute Gasteiger partial charge is 0.338 e. The van der Waals surface area contributed by atoms with Crippen LogP contribution in [0.1, 0.15) is 45.0 Å². The molecular weight excluding hydrogens is 268 g/mol. The van der Waals surface area contributed by atoms with Crippen molar-refractivity contribution in [2.45, 2.75) is 40.7 Å². The highest BCUT2D eigenvalue weighted by molar-refractivity contribution is 5.89. The lowest BCUT2D eigenvalue weighted by Crippen LogP contribution is -2.43. The Morgan fingerprint density at radius 1 is 1.24 bits per heavy atom. The van der Waals surface area contributed by atoms with Crippen LogP contribution in [0.5, 0.6) is 5.75 Å². The summed E-state index contributed by atoms with van der Waals surface area (Å²) >= 11 is 0. The molecular formula is C17H26O4. The molecule has 0 radical (unpaired) electrons. The topological polar surface area (TPSA) is 55.8 Å². The molecule has 0 aliphatic heterocycles. The number of rotatable bonds is 5. The number of ether oxygens (including phenoxy) is 2. The molecule has 4 nitrogen and oxygen atoms in total. The number of aliphatic hydroxyl groups excluding tert-OH is 1. The molecule has 118 valence electrons. The van der Waals surface area contributed by atoms with Gasteiger partial charge in [0.25, 0.3) is 0 Å². The van der Waals surface area contributed by atoms with E-state index in [1.807, 2.05) is 34.6 Å². The van der Waals surface area contributed by atoms with E-state index in [2.05, 4.69) is 0 Å². The fourth-order valence-electron chi connectivity index (χ4n) is 2.34. The molecule has 21 heavy (non-hydrogen) atoms. The van der Waals surface area contributed by atoms with Crippen molar-refractivity contribution in [3.05, 3.63) is 29.8 Å². The minimum Gasteiger partial charge on any atom is -0.497 e. The van der Waals surface area contributed by atoms with Crippen LogP contribution in [0.25, 0.3) is 0 Å². The third kappa shape index (κ3) is 4.74. The molecule has 1 N–H and O–H groups in total. The summed E-state index contributed by atoms with van der Waals surface area (Å²) in [4.78, 5) is 12.1. The van der Waals surface area contributed by atoms with Crippen LogP contribution in [0.2, 0.25) is 0 Å². The maximum atomic E-state index is 12.1. The van der Waals surface area contributed by atoms with E-state index in [0.717, 1.165) is 0 Å². The molecule has 0 bridgehead atoms. The van der Waals surface area contributed by atoms with Gasteiger partial charge in [-0.05, 0) is 23.6 Å². The SMILES string of the molecule is COc1cccc(C(=O)OCC(C)(C)C(O)C(C)(C)C)c1. The first kappa shape index (κ1) is 17.5. The highest BCUT2D eigenvalue weighted by atomic mass is 16.5. The van der Waals surface area contributed by atoms with Gasteiger partial charge in [0, 0.05) is 5.41 Å². The standard InChI is InChI=1S/C17H26O4/c1-16(2,3)15(19)17(4,5)11-21-14(18)12-8-7-9-13(10-12)20-6/h7-10,15,19H,11H2,1-6H3. The number of carbonyl (C=O) groups excluding carboxylic acids is 1. The van der Waals surface area contributed by atoms with Crippen LogP contribution in [-0.2, 0) is 4.74 Å². The Morgan fingerprint density at radius 2 is 1.86 bits per heavy atom. The van der Waals surface area contributed by atoms with Crippen LogP contribution >= 0.6 is 0 Å². The molecule has 1 atom stereocenters. The summed E-state index contributed by atoms with van der Waals surface area (Å²) < 4.78 is 10.4. The first-order valence-electron chi connectivity index (χ1n) is 7.07. The van der Waals surface area contributed by atoms with E-state index in [4.69, 9.17) is 9.47 Å². The lowest BCUT2D eigenvalue weighted by molar-refractivity contribution is -0.0633. The number of methoxy groups -OCH3 is 1. The van der Waals surface area contributed by atoms with E-state index >= 15 is 0 Å². The number of aliphatic hydroxyl groups is 1. The Morgan fingerprint density at radius 3 is 2.38 bits per heavy atom. The molecule has 0 fully saturated rings. The molecule has 0 amide bonds. The van der Waals surface area contributed by atoms with E-state index in [1.165, 1.54) is 0 Å². The predicted octanol–water partition coefficient (Wildman–Crippen LogP) is 3.29. The van der Waals surface area contributed by atoms with Crippen molar-refractivity contribution in [2.75, 3.05) is 13.7 Å². The third-order valence-corrected chi connectivity index (χ3v) is 3.44. The number of esters is 1. The van der Waals surface area contributed by atoms with Gasteiger partial charge in [0.2, 0.25) is 0 Å². The van der Waals surface area contributed by atoms with Crippen LogP contribution in [0.15, 0.2) is 24.3 Å². The molecule has 0 aromatic heterocycles. The van der Waals surface area contributed by atoms with Crippen molar-refractivity contribution in [2.24, 2.45) is 10.8 Å². The van der Waals surface area contributed by atoms with Crippen molar-refractivity contribution in [3.8, 4) is 5.75 Å². The van der Waals surface area contributed by atoms with Gasteiger partial charge in [0.1, 0.15) is 5.75 Å². The fraction of sp³-hybridized carbons (Fsp3) is 0.588. The maximum Gasteiger partial charge on any atom is 0.338 e. The maximum absolute atomic E-state index is 12.1.